The van der Waals surface area contributed by atoms with Crippen LogP contribution < -0.4 is 5.69 Å². The standard InChI is InChI=1S/C23H15F4N5O2/c1-31-18-8-15(13-3-2-6-28-10-13)17(25)9-19(18)32(23(31)33)11-14-5-4-12(7-16(14)24)21-29-30-22(34-21)20(26)27/h2-10,20H,11H2,1H3. The quantitative estimate of drug-likeness (QED) is 0.348. The fourth-order valence-corrected chi connectivity index (χ4v) is 3.74. The van der Waals surface area contributed by atoms with Crippen molar-refractivity contribution in [2.45, 2.75) is 13.0 Å². The van der Waals surface area contributed by atoms with Gasteiger partial charge in [0.15, 0.2) is 0 Å². The predicted molar refractivity (Wildman–Crippen MR) is 114 cm³/mol. The molecule has 34 heavy (non-hydrogen) atoms. The molecule has 0 fully saturated rings. The van der Waals surface area contributed by atoms with Crippen molar-refractivity contribution in [3.63, 3.8) is 0 Å². The molecule has 5 rings (SSSR count). The number of hydrogen-bond acceptors (Lipinski definition) is 5. The zero-order valence-electron chi connectivity index (χ0n) is 17.5. The van der Waals surface area contributed by atoms with Gasteiger partial charge in [0.05, 0.1) is 17.6 Å². The summed E-state index contributed by atoms with van der Waals surface area (Å²) in [5.41, 5.74) is 1.38. The largest absolute Gasteiger partial charge is 0.415 e. The summed E-state index contributed by atoms with van der Waals surface area (Å²) < 4.78 is 62.6. The molecule has 0 aliphatic heterocycles. The zero-order valence-corrected chi connectivity index (χ0v) is 17.5. The SMILES string of the molecule is Cn1c(=O)n(Cc2ccc(-c3nnc(C(F)F)o3)cc2F)c2cc(F)c(-c3cccnc3)cc21. The van der Waals surface area contributed by atoms with Gasteiger partial charge < -0.3 is 4.42 Å². The maximum Gasteiger partial charge on any atom is 0.329 e. The van der Waals surface area contributed by atoms with Crippen molar-refractivity contribution in [1.82, 2.24) is 24.3 Å². The number of aromatic nitrogens is 5. The molecule has 3 heterocycles. The molecular formula is C23H15F4N5O2. The summed E-state index contributed by atoms with van der Waals surface area (Å²) >= 11 is 0. The average Bonchev–Trinajstić information content (AvgIpc) is 3.41. The van der Waals surface area contributed by atoms with E-state index >= 15 is 0 Å². The Bertz CT molecular complexity index is 1570. The molecule has 0 bridgehead atoms. The van der Waals surface area contributed by atoms with Crippen LogP contribution in [0.2, 0.25) is 0 Å². The van der Waals surface area contributed by atoms with Gasteiger partial charge in [-0.3, -0.25) is 14.1 Å². The number of nitrogens with zero attached hydrogens (tertiary/aromatic N) is 5. The Morgan fingerprint density at radius 1 is 1.00 bits per heavy atom. The Morgan fingerprint density at radius 3 is 2.50 bits per heavy atom. The molecule has 172 valence electrons. The van der Waals surface area contributed by atoms with Gasteiger partial charge in [0.2, 0.25) is 5.89 Å². The fraction of sp³-hybridized carbons (Fsp3) is 0.130. The summed E-state index contributed by atoms with van der Waals surface area (Å²) in [5, 5.41) is 6.72. The van der Waals surface area contributed by atoms with Crippen molar-refractivity contribution in [1.29, 1.82) is 0 Å². The van der Waals surface area contributed by atoms with Crippen LogP contribution in [0.25, 0.3) is 33.6 Å². The summed E-state index contributed by atoms with van der Waals surface area (Å²) in [7, 11) is 1.54. The van der Waals surface area contributed by atoms with Crippen LogP contribution in [0.15, 0.2) is 64.1 Å². The topological polar surface area (TPSA) is 78.7 Å². The van der Waals surface area contributed by atoms with Crippen LogP contribution in [-0.4, -0.2) is 24.3 Å². The van der Waals surface area contributed by atoms with Crippen molar-refractivity contribution >= 4 is 11.0 Å². The van der Waals surface area contributed by atoms with E-state index in [2.05, 4.69) is 15.2 Å². The van der Waals surface area contributed by atoms with Crippen LogP contribution in [0.4, 0.5) is 17.6 Å². The lowest BCUT2D eigenvalue weighted by Crippen LogP contribution is -2.23. The fourth-order valence-electron chi connectivity index (χ4n) is 3.74. The van der Waals surface area contributed by atoms with Gasteiger partial charge in [0.25, 0.3) is 5.89 Å². The first kappa shape index (κ1) is 21.6. The minimum absolute atomic E-state index is 0.109. The Balaban J connectivity index is 1.53. The van der Waals surface area contributed by atoms with Crippen LogP contribution in [-0.2, 0) is 13.6 Å². The van der Waals surface area contributed by atoms with Gasteiger partial charge in [0, 0.05) is 47.8 Å². The summed E-state index contributed by atoms with van der Waals surface area (Å²) in [5.74, 6) is -2.39. The Kier molecular flexibility index (Phi) is 5.23. The molecule has 0 aliphatic carbocycles. The Morgan fingerprint density at radius 2 is 1.82 bits per heavy atom. The highest BCUT2D eigenvalue weighted by Crippen LogP contribution is 2.28. The van der Waals surface area contributed by atoms with E-state index in [0.717, 1.165) is 6.07 Å². The first-order valence-corrected chi connectivity index (χ1v) is 10.0. The molecule has 3 aromatic heterocycles. The molecule has 0 amide bonds. The lowest BCUT2D eigenvalue weighted by atomic mass is 10.1. The number of aryl methyl sites for hydroxylation is 1. The van der Waals surface area contributed by atoms with Crippen molar-refractivity contribution in [2.75, 3.05) is 0 Å². The first-order chi connectivity index (χ1) is 16.3. The summed E-state index contributed by atoms with van der Waals surface area (Å²) in [6.45, 7) is -0.180. The Labute approximate surface area is 188 Å². The normalized spacial score (nSPS) is 11.6. The molecule has 0 unspecified atom stereocenters. The molecule has 7 nitrogen and oxygen atoms in total. The minimum Gasteiger partial charge on any atom is -0.415 e. The van der Waals surface area contributed by atoms with Crippen LogP contribution in [0.3, 0.4) is 0 Å². The van der Waals surface area contributed by atoms with Crippen molar-refractivity contribution in [3.05, 3.63) is 88.4 Å². The number of rotatable bonds is 5. The molecule has 0 N–H and O–H groups in total. The van der Waals surface area contributed by atoms with Gasteiger partial charge >= 0.3 is 12.1 Å². The van der Waals surface area contributed by atoms with Gasteiger partial charge in [-0.1, -0.05) is 12.1 Å². The monoisotopic (exact) mass is 469 g/mol. The average molecular weight is 469 g/mol. The van der Waals surface area contributed by atoms with Crippen LogP contribution >= 0.6 is 0 Å². The van der Waals surface area contributed by atoms with Gasteiger partial charge in [0.1, 0.15) is 11.6 Å². The first-order valence-electron chi connectivity index (χ1n) is 10.0. The number of alkyl halides is 2. The van der Waals surface area contributed by atoms with E-state index in [1.807, 2.05) is 0 Å². The predicted octanol–water partition coefficient (Wildman–Crippen LogP) is 4.72. The lowest BCUT2D eigenvalue weighted by molar-refractivity contribution is 0.116. The van der Waals surface area contributed by atoms with E-state index in [4.69, 9.17) is 4.42 Å². The second-order valence-corrected chi connectivity index (χ2v) is 7.54. The van der Waals surface area contributed by atoms with Crippen molar-refractivity contribution in [3.8, 4) is 22.6 Å². The number of benzene rings is 2. The number of halogens is 4. The number of fused-ring (bicyclic) bond motifs is 1. The summed E-state index contributed by atoms with van der Waals surface area (Å²) in [4.78, 5) is 16.9. The second-order valence-electron chi connectivity index (χ2n) is 7.54. The molecule has 2 aromatic carbocycles. The molecule has 5 aromatic rings. The van der Waals surface area contributed by atoms with E-state index in [1.165, 1.54) is 33.5 Å². The van der Waals surface area contributed by atoms with Crippen LogP contribution in [0.1, 0.15) is 17.9 Å². The molecule has 0 aliphatic rings. The van der Waals surface area contributed by atoms with Gasteiger partial charge in [-0.05, 0) is 24.3 Å². The Hall–Kier alpha value is -4.28. The third-order valence-electron chi connectivity index (χ3n) is 5.46. The minimum atomic E-state index is -2.94. The number of hydrogen-bond donors (Lipinski definition) is 0. The van der Waals surface area contributed by atoms with Crippen LogP contribution in [0.5, 0.6) is 0 Å². The van der Waals surface area contributed by atoms with E-state index in [-0.39, 0.29) is 29.1 Å². The molecule has 0 atom stereocenters. The maximum absolute atomic E-state index is 14.9. The second kappa shape index (κ2) is 8.25. The van der Waals surface area contributed by atoms with Gasteiger partial charge in [-0.2, -0.15) is 8.78 Å². The highest BCUT2D eigenvalue weighted by molar-refractivity contribution is 5.83. The maximum atomic E-state index is 14.9. The third-order valence-corrected chi connectivity index (χ3v) is 5.46. The molecule has 0 radical (unpaired) electrons. The summed E-state index contributed by atoms with van der Waals surface area (Å²) in [6, 6.07) is 10.0. The van der Waals surface area contributed by atoms with Crippen molar-refractivity contribution in [2.24, 2.45) is 7.05 Å². The molecule has 0 spiro atoms. The van der Waals surface area contributed by atoms with E-state index in [1.54, 1.807) is 31.4 Å². The third kappa shape index (κ3) is 3.64. The number of pyridine rings is 1. The summed E-state index contributed by atoms with van der Waals surface area (Å²) in [6.07, 6.45) is 0.147. The van der Waals surface area contributed by atoms with Gasteiger partial charge in [-0.15, -0.1) is 10.2 Å². The molecule has 11 heteroatoms. The highest BCUT2D eigenvalue weighted by Gasteiger charge is 2.20. The number of imidazole rings is 1. The van der Waals surface area contributed by atoms with Crippen molar-refractivity contribution < 1.29 is 22.0 Å². The molecular weight excluding hydrogens is 454 g/mol. The molecule has 0 saturated heterocycles. The van der Waals surface area contributed by atoms with E-state index in [0.29, 0.717) is 16.6 Å². The van der Waals surface area contributed by atoms with E-state index < -0.39 is 29.6 Å². The molecule has 0 saturated carbocycles. The zero-order chi connectivity index (χ0) is 24.0. The van der Waals surface area contributed by atoms with Gasteiger partial charge in [-0.25, -0.2) is 13.6 Å². The van der Waals surface area contributed by atoms with Crippen LogP contribution in [0, 0.1) is 11.6 Å². The highest BCUT2D eigenvalue weighted by atomic mass is 19.3. The smallest absolute Gasteiger partial charge is 0.329 e. The van der Waals surface area contributed by atoms with E-state index in [9.17, 15) is 22.4 Å². The lowest BCUT2D eigenvalue weighted by Gasteiger charge is -2.08.